The van der Waals surface area contributed by atoms with E-state index in [1.807, 2.05) is 91.3 Å². The van der Waals surface area contributed by atoms with Crippen LogP contribution in [0, 0.1) is 0 Å². The molecule has 0 aliphatic carbocycles. The number of nitrogens with zero attached hydrogens (tertiary/aromatic N) is 3. The highest BCUT2D eigenvalue weighted by Crippen LogP contribution is 2.39. The summed E-state index contributed by atoms with van der Waals surface area (Å²) >= 11 is 3.54. The van der Waals surface area contributed by atoms with Gasteiger partial charge in [0.05, 0.1) is 30.9 Å². The number of aryl methyl sites for hydroxylation is 2. The number of fused-ring (bicyclic) bond motifs is 1. The van der Waals surface area contributed by atoms with Crippen molar-refractivity contribution in [3.8, 4) is 11.1 Å². The molecule has 1 atom stereocenters. The lowest BCUT2D eigenvalue weighted by atomic mass is 9.82. The smallest absolute Gasteiger partial charge is 0.251 e. The lowest BCUT2D eigenvalue weighted by Crippen LogP contribution is -2.31. The number of hydrogen-bond donors (Lipinski definition) is 1. The molecule has 1 N–H and O–H groups in total. The molecule has 1 unspecified atom stereocenters. The molecule has 0 fully saturated rings. The highest BCUT2D eigenvalue weighted by Gasteiger charge is 2.37. The van der Waals surface area contributed by atoms with Gasteiger partial charge in [-0.05, 0) is 66.0 Å². The Bertz CT molecular complexity index is 1720. The van der Waals surface area contributed by atoms with Crippen LogP contribution in [0.4, 0.5) is 0 Å². The summed E-state index contributed by atoms with van der Waals surface area (Å²) in [6.07, 6.45) is 4.19. The number of aliphatic hydroxyl groups is 1. The van der Waals surface area contributed by atoms with E-state index in [2.05, 4.69) is 20.9 Å². The van der Waals surface area contributed by atoms with Gasteiger partial charge in [0.25, 0.3) is 5.56 Å². The molecule has 8 heteroatoms. The third-order valence-corrected chi connectivity index (χ3v) is 8.96. The molecule has 5 aromatic rings. The molecular formula is C31H33BrN3O3P. The second kappa shape index (κ2) is 11.5. The Labute approximate surface area is 237 Å². The van der Waals surface area contributed by atoms with E-state index < -0.39 is 12.7 Å². The quantitative estimate of drug-likeness (QED) is 0.229. The Hall–Kier alpha value is -3.25. The first-order valence-electron chi connectivity index (χ1n) is 12.6. The summed E-state index contributed by atoms with van der Waals surface area (Å²) < 4.78 is 14.9. The van der Waals surface area contributed by atoms with Crippen LogP contribution in [-0.4, -0.2) is 38.7 Å². The summed E-state index contributed by atoms with van der Waals surface area (Å²) in [6, 6.07) is 24.9. The maximum atomic E-state index is 12.7. The third kappa shape index (κ3) is 6.01. The number of imidazole rings is 1. The van der Waals surface area contributed by atoms with E-state index in [1.54, 1.807) is 43.5 Å². The summed E-state index contributed by atoms with van der Waals surface area (Å²) in [4.78, 5) is 17.0. The Morgan fingerprint density at radius 3 is 2.21 bits per heavy atom. The Balaban J connectivity index is 0.000000531. The van der Waals surface area contributed by atoms with Crippen LogP contribution in [0.15, 0.2) is 101 Å². The van der Waals surface area contributed by atoms with E-state index in [1.165, 1.54) is 0 Å². The Morgan fingerprint density at radius 1 is 0.949 bits per heavy atom. The zero-order chi connectivity index (χ0) is 28.4. The van der Waals surface area contributed by atoms with Gasteiger partial charge in [0.15, 0.2) is 5.60 Å². The summed E-state index contributed by atoms with van der Waals surface area (Å²) in [5.74, 6) is 0. The number of rotatable bonds is 5. The SMILES string of the molecule is CCP(C)(C)=O.Cn1cncc1C(O)(c1cccc(Br)c1)c1ccc2c(c1)c(-c1ccccc1)cc(=O)n2C. The number of hydrogen-bond acceptors (Lipinski definition) is 4. The van der Waals surface area contributed by atoms with Gasteiger partial charge in [-0.15, -0.1) is 0 Å². The van der Waals surface area contributed by atoms with Crippen LogP contribution in [0.5, 0.6) is 0 Å². The van der Waals surface area contributed by atoms with Crippen molar-refractivity contribution in [2.45, 2.75) is 12.5 Å². The summed E-state index contributed by atoms with van der Waals surface area (Å²) in [5, 5.41) is 13.2. The van der Waals surface area contributed by atoms with E-state index in [0.717, 1.165) is 32.7 Å². The van der Waals surface area contributed by atoms with Gasteiger partial charge in [-0.25, -0.2) is 4.98 Å². The number of benzene rings is 3. The molecular weight excluding hydrogens is 573 g/mol. The van der Waals surface area contributed by atoms with E-state index in [4.69, 9.17) is 0 Å². The third-order valence-electron chi connectivity index (χ3n) is 6.94. The molecule has 202 valence electrons. The molecule has 3 aromatic carbocycles. The fourth-order valence-electron chi connectivity index (χ4n) is 4.42. The van der Waals surface area contributed by atoms with Crippen molar-refractivity contribution in [1.29, 1.82) is 0 Å². The lowest BCUT2D eigenvalue weighted by Gasteiger charge is -2.30. The van der Waals surface area contributed by atoms with Gasteiger partial charge in [-0.2, -0.15) is 0 Å². The van der Waals surface area contributed by atoms with Crippen molar-refractivity contribution in [3.63, 3.8) is 0 Å². The predicted octanol–water partition coefficient (Wildman–Crippen LogP) is 6.61. The van der Waals surface area contributed by atoms with E-state index >= 15 is 0 Å². The molecule has 0 aliphatic heterocycles. The normalized spacial score (nSPS) is 13.0. The van der Waals surface area contributed by atoms with E-state index in [0.29, 0.717) is 16.8 Å². The molecule has 2 heterocycles. The second-order valence-electron chi connectivity index (χ2n) is 10.1. The topological polar surface area (TPSA) is 77.1 Å². The van der Waals surface area contributed by atoms with E-state index in [-0.39, 0.29) is 5.56 Å². The van der Waals surface area contributed by atoms with Gasteiger partial charge < -0.3 is 18.8 Å². The summed E-state index contributed by atoms with van der Waals surface area (Å²) in [5.41, 5.74) is 3.09. The van der Waals surface area contributed by atoms with Crippen molar-refractivity contribution in [3.05, 3.63) is 123 Å². The zero-order valence-electron chi connectivity index (χ0n) is 22.8. The van der Waals surface area contributed by atoms with Crippen LogP contribution in [0.2, 0.25) is 0 Å². The molecule has 6 nitrogen and oxygen atoms in total. The van der Waals surface area contributed by atoms with Crippen molar-refractivity contribution in [2.75, 3.05) is 19.5 Å². The standard InChI is InChI=1S/C27H22BrN3O2.C4H11OP/c1-30-17-29-16-25(30)27(33,19-9-6-10-21(28)13-19)20-11-12-24-23(14-20)22(15-26(32)31(24)2)18-7-4-3-5-8-18;1-4-6(2,3)5/h3-17,33H,1-2H3;4H2,1-3H3. The average Bonchev–Trinajstić information content (AvgIpc) is 3.36. The second-order valence-corrected chi connectivity index (χ2v) is 14.7. The number of pyridine rings is 1. The minimum Gasteiger partial charge on any atom is -0.374 e. The monoisotopic (exact) mass is 605 g/mol. The number of aromatic nitrogens is 3. The van der Waals surface area contributed by atoms with Crippen LogP contribution < -0.4 is 5.56 Å². The molecule has 0 saturated carbocycles. The van der Waals surface area contributed by atoms with Crippen LogP contribution in [0.25, 0.3) is 22.0 Å². The van der Waals surface area contributed by atoms with Gasteiger partial charge >= 0.3 is 0 Å². The first-order valence-corrected chi connectivity index (χ1v) is 16.2. The minimum atomic E-state index is -1.65. The number of halogens is 1. The first-order chi connectivity index (χ1) is 18.5. The van der Waals surface area contributed by atoms with Crippen molar-refractivity contribution >= 4 is 34.0 Å². The Morgan fingerprint density at radius 2 is 1.62 bits per heavy atom. The van der Waals surface area contributed by atoms with Gasteiger partial charge in [0, 0.05) is 30.0 Å². The van der Waals surface area contributed by atoms with Gasteiger partial charge in [0.2, 0.25) is 0 Å². The lowest BCUT2D eigenvalue weighted by molar-refractivity contribution is 0.117. The van der Waals surface area contributed by atoms with Crippen molar-refractivity contribution in [2.24, 2.45) is 14.1 Å². The minimum absolute atomic E-state index is 0.0806. The predicted molar refractivity (Wildman–Crippen MR) is 164 cm³/mol. The molecule has 0 saturated heterocycles. The van der Waals surface area contributed by atoms with Gasteiger partial charge in [0.1, 0.15) is 0 Å². The largest absolute Gasteiger partial charge is 0.374 e. The molecule has 0 aliphatic rings. The van der Waals surface area contributed by atoms with Crippen LogP contribution in [0.3, 0.4) is 0 Å². The Kier molecular flexibility index (Phi) is 8.45. The molecule has 39 heavy (non-hydrogen) atoms. The fraction of sp³-hybridized carbons (Fsp3) is 0.226. The molecule has 2 aromatic heterocycles. The molecule has 0 radical (unpaired) electrons. The maximum absolute atomic E-state index is 12.7. The van der Waals surface area contributed by atoms with Crippen LogP contribution in [0.1, 0.15) is 23.7 Å². The van der Waals surface area contributed by atoms with Crippen molar-refractivity contribution < 1.29 is 9.67 Å². The highest BCUT2D eigenvalue weighted by molar-refractivity contribution is 9.10. The molecule has 0 bridgehead atoms. The van der Waals surface area contributed by atoms with Crippen LogP contribution >= 0.6 is 23.1 Å². The molecule has 0 spiro atoms. The van der Waals surface area contributed by atoms with Gasteiger partial charge in [-0.1, -0.05) is 71.4 Å². The van der Waals surface area contributed by atoms with Crippen molar-refractivity contribution in [1.82, 2.24) is 14.1 Å². The molecule has 5 rings (SSSR count). The average molecular weight is 607 g/mol. The molecule has 0 amide bonds. The summed E-state index contributed by atoms with van der Waals surface area (Å²) in [7, 11) is 1.98. The van der Waals surface area contributed by atoms with Gasteiger partial charge in [-0.3, -0.25) is 4.79 Å². The first kappa shape index (κ1) is 28.8. The zero-order valence-corrected chi connectivity index (χ0v) is 25.3. The van der Waals surface area contributed by atoms with Crippen LogP contribution in [-0.2, 0) is 24.3 Å². The van der Waals surface area contributed by atoms with E-state index in [9.17, 15) is 14.5 Å². The fourth-order valence-corrected chi connectivity index (χ4v) is 4.82. The highest BCUT2D eigenvalue weighted by atomic mass is 79.9. The summed E-state index contributed by atoms with van der Waals surface area (Å²) in [6.45, 7) is 5.54. The maximum Gasteiger partial charge on any atom is 0.251 e.